The van der Waals surface area contributed by atoms with Crippen LogP contribution in [0, 0.1) is 0 Å². The van der Waals surface area contributed by atoms with Crippen molar-refractivity contribution in [2.45, 2.75) is 18.6 Å². The van der Waals surface area contributed by atoms with E-state index in [1.165, 1.54) is 0 Å². The van der Waals surface area contributed by atoms with Crippen molar-refractivity contribution in [2.24, 2.45) is 0 Å². The van der Waals surface area contributed by atoms with E-state index in [0.717, 1.165) is 5.56 Å². The van der Waals surface area contributed by atoms with Gasteiger partial charge in [-0.15, -0.1) is 0 Å². The molecule has 0 bridgehead atoms. The average molecular weight is 317 g/mol. The minimum absolute atomic E-state index is 0.0346. The molecule has 0 heterocycles. The van der Waals surface area contributed by atoms with Gasteiger partial charge in [-0.2, -0.15) is 0 Å². The normalized spacial score (nSPS) is 13.5. The molecule has 0 aromatic heterocycles. The first-order valence-electron chi connectivity index (χ1n) is 7.65. The van der Waals surface area contributed by atoms with Crippen LogP contribution in [0.1, 0.15) is 5.56 Å². The van der Waals surface area contributed by atoms with Gasteiger partial charge in [-0.25, -0.2) is 0 Å². The van der Waals surface area contributed by atoms with E-state index < -0.39 is 6.10 Å². The lowest BCUT2D eigenvalue weighted by Crippen LogP contribution is -2.41. The monoisotopic (exact) mass is 317 g/mol. The maximum atomic E-state index is 9.96. The molecule has 0 saturated heterocycles. The maximum absolute atomic E-state index is 9.96. The second kappa shape index (κ2) is 9.15. The van der Waals surface area contributed by atoms with E-state index in [9.17, 15) is 15.3 Å². The second-order valence-corrected chi connectivity index (χ2v) is 5.44. The van der Waals surface area contributed by atoms with Gasteiger partial charge in [0.25, 0.3) is 0 Å². The van der Waals surface area contributed by atoms with E-state index in [1.807, 2.05) is 42.5 Å². The molecule has 0 spiro atoms. The highest BCUT2D eigenvalue weighted by Crippen LogP contribution is 2.11. The van der Waals surface area contributed by atoms with Crippen LogP contribution in [0.2, 0.25) is 0 Å². The Balaban J connectivity index is 1.72. The topological polar surface area (TPSA) is 82.0 Å². The quantitative estimate of drug-likeness (QED) is 0.561. The van der Waals surface area contributed by atoms with Crippen LogP contribution in [0.15, 0.2) is 54.6 Å². The Morgan fingerprint density at radius 1 is 1.00 bits per heavy atom. The Labute approximate surface area is 136 Å². The first kappa shape index (κ1) is 17.3. The summed E-state index contributed by atoms with van der Waals surface area (Å²) in [7, 11) is 0. The van der Waals surface area contributed by atoms with Gasteiger partial charge in [0.15, 0.2) is 0 Å². The van der Waals surface area contributed by atoms with Crippen molar-refractivity contribution in [1.82, 2.24) is 5.32 Å². The van der Waals surface area contributed by atoms with Gasteiger partial charge in [-0.1, -0.05) is 30.3 Å². The molecule has 0 fully saturated rings. The van der Waals surface area contributed by atoms with Crippen LogP contribution < -0.4 is 10.1 Å². The maximum Gasteiger partial charge on any atom is 0.119 e. The molecular formula is C18H23NO4. The molecule has 2 unspecified atom stereocenters. The summed E-state index contributed by atoms with van der Waals surface area (Å²) in [6.45, 7) is 0.484. The minimum atomic E-state index is -0.663. The average Bonchev–Trinajstić information content (AvgIpc) is 2.59. The van der Waals surface area contributed by atoms with Gasteiger partial charge in [-0.05, 0) is 36.2 Å². The molecule has 23 heavy (non-hydrogen) atoms. The molecule has 0 amide bonds. The SMILES string of the molecule is OCC(Cc1ccc(O)cc1)NCC(O)COc1ccccc1. The molecule has 124 valence electrons. The number of rotatable bonds is 9. The fourth-order valence-electron chi connectivity index (χ4n) is 2.19. The van der Waals surface area contributed by atoms with Crippen molar-refractivity contribution in [1.29, 1.82) is 0 Å². The smallest absolute Gasteiger partial charge is 0.119 e. The number of ether oxygens (including phenoxy) is 1. The van der Waals surface area contributed by atoms with E-state index in [4.69, 9.17) is 4.74 Å². The summed E-state index contributed by atoms with van der Waals surface area (Å²) >= 11 is 0. The predicted octanol–water partition coefficient (Wildman–Crippen LogP) is 1.33. The first-order chi connectivity index (χ1) is 11.2. The Hall–Kier alpha value is -2.08. The number of hydrogen-bond donors (Lipinski definition) is 4. The molecule has 2 aromatic carbocycles. The molecular weight excluding hydrogens is 294 g/mol. The largest absolute Gasteiger partial charge is 0.508 e. The molecule has 2 aromatic rings. The third-order valence-electron chi connectivity index (χ3n) is 3.47. The standard InChI is InChI=1S/C18H23NO4/c20-12-15(10-14-6-8-16(21)9-7-14)19-11-17(22)13-23-18-4-2-1-3-5-18/h1-9,15,17,19-22H,10-13H2. The van der Waals surface area contributed by atoms with Crippen molar-refractivity contribution in [3.63, 3.8) is 0 Å². The van der Waals surface area contributed by atoms with Crippen LogP contribution in [0.25, 0.3) is 0 Å². The van der Waals surface area contributed by atoms with Gasteiger partial charge in [0.1, 0.15) is 24.2 Å². The number of nitrogens with one attached hydrogen (secondary N) is 1. The van der Waals surface area contributed by atoms with Gasteiger partial charge in [-0.3, -0.25) is 0 Å². The van der Waals surface area contributed by atoms with E-state index in [1.54, 1.807) is 12.1 Å². The number of phenolic OH excluding ortho intramolecular Hbond substituents is 1. The van der Waals surface area contributed by atoms with E-state index in [0.29, 0.717) is 18.7 Å². The van der Waals surface area contributed by atoms with Crippen molar-refractivity contribution in [2.75, 3.05) is 19.8 Å². The highest BCUT2D eigenvalue weighted by Gasteiger charge is 2.11. The molecule has 0 aliphatic carbocycles. The van der Waals surface area contributed by atoms with Gasteiger partial charge < -0.3 is 25.4 Å². The molecule has 0 radical (unpaired) electrons. The van der Waals surface area contributed by atoms with E-state index in [-0.39, 0.29) is 25.0 Å². The Kier molecular flexibility index (Phi) is 6.87. The van der Waals surface area contributed by atoms with Crippen LogP contribution in [-0.2, 0) is 6.42 Å². The third kappa shape index (κ3) is 6.28. The molecule has 5 heteroatoms. The van der Waals surface area contributed by atoms with Crippen molar-refractivity contribution < 1.29 is 20.1 Å². The highest BCUT2D eigenvalue weighted by atomic mass is 16.5. The number of phenols is 1. The third-order valence-corrected chi connectivity index (χ3v) is 3.47. The second-order valence-electron chi connectivity index (χ2n) is 5.44. The Morgan fingerprint density at radius 2 is 1.70 bits per heavy atom. The summed E-state index contributed by atoms with van der Waals surface area (Å²) in [5.74, 6) is 0.935. The van der Waals surface area contributed by atoms with Gasteiger partial charge in [0.2, 0.25) is 0 Å². The summed E-state index contributed by atoms with van der Waals surface area (Å²) in [6.07, 6.45) is -0.0488. The summed E-state index contributed by atoms with van der Waals surface area (Å²) in [5.41, 5.74) is 1.00. The zero-order valence-corrected chi connectivity index (χ0v) is 12.9. The van der Waals surface area contributed by atoms with Gasteiger partial charge in [0, 0.05) is 12.6 Å². The number of aliphatic hydroxyl groups is 2. The number of hydrogen-bond acceptors (Lipinski definition) is 5. The molecule has 0 aliphatic rings. The van der Waals surface area contributed by atoms with Crippen LogP contribution in [0.4, 0.5) is 0 Å². The summed E-state index contributed by atoms with van der Waals surface area (Å²) in [4.78, 5) is 0. The summed E-state index contributed by atoms with van der Waals surface area (Å²) in [5, 5.41) is 31.8. The highest BCUT2D eigenvalue weighted by molar-refractivity contribution is 5.26. The van der Waals surface area contributed by atoms with Crippen molar-refractivity contribution in [3.05, 3.63) is 60.2 Å². The van der Waals surface area contributed by atoms with Crippen LogP contribution in [0.3, 0.4) is 0 Å². The molecule has 0 aliphatic heterocycles. The number of aromatic hydroxyl groups is 1. The van der Waals surface area contributed by atoms with Crippen LogP contribution in [0.5, 0.6) is 11.5 Å². The number of para-hydroxylation sites is 1. The van der Waals surface area contributed by atoms with Gasteiger partial charge in [0.05, 0.1) is 6.61 Å². The lowest BCUT2D eigenvalue weighted by Gasteiger charge is -2.19. The molecule has 0 saturated carbocycles. The Bertz CT molecular complexity index is 559. The zero-order valence-electron chi connectivity index (χ0n) is 12.9. The number of benzene rings is 2. The summed E-state index contributed by atoms with van der Waals surface area (Å²) in [6, 6.07) is 16.0. The molecule has 2 rings (SSSR count). The van der Waals surface area contributed by atoms with Crippen molar-refractivity contribution in [3.8, 4) is 11.5 Å². The fraction of sp³-hybridized carbons (Fsp3) is 0.333. The first-order valence-corrected chi connectivity index (χ1v) is 7.65. The lowest BCUT2D eigenvalue weighted by atomic mass is 10.1. The molecule has 5 nitrogen and oxygen atoms in total. The molecule has 4 N–H and O–H groups in total. The molecule has 2 atom stereocenters. The lowest BCUT2D eigenvalue weighted by molar-refractivity contribution is 0.0997. The predicted molar refractivity (Wildman–Crippen MR) is 88.6 cm³/mol. The zero-order chi connectivity index (χ0) is 16.5. The van der Waals surface area contributed by atoms with Crippen LogP contribution >= 0.6 is 0 Å². The summed E-state index contributed by atoms with van der Waals surface area (Å²) < 4.78 is 5.48. The van der Waals surface area contributed by atoms with E-state index >= 15 is 0 Å². The van der Waals surface area contributed by atoms with E-state index in [2.05, 4.69) is 5.32 Å². The van der Waals surface area contributed by atoms with Crippen molar-refractivity contribution >= 4 is 0 Å². The number of aliphatic hydroxyl groups excluding tert-OH is 2. The Morgan fingerprint density at radius 3 is 2.35 bits per heavy atom. The minimum Gasteiger partial charge on any atom is -0.508 e. The van der Waals surface area contributed by atoms with Gasteiger partial charge >= 0.3 is 0 Å². The fourth-order valence-corrected chi connectivity index (χ4v) is 2.19. The van der Waals surface area contributed by atoms with Crippen LogP contribution in [-0.4, -0.2) is 47.2 Å².